The van der Waals surface area contributed by atoms with Gasteiger partial charge in [0.1, 0.15) is 10.5 Å². The van der Waals surface area contributed by atoms with E-state index in [4.69, 9.17) is 5.11 Å². The highest BCUT2D eigenvalue weighted by Gasteiger charge is 2.34. The Morgan fingerprint density at radius 2 is 2.00 bits per heavy atom. The second kappa shape index (κ2) is 3.80. The number of thioether (sulfide) groups is 1. The Kier molecular flexibility index (Phi) is 2.97. The van der Waals surface area contributed by atoms with Crippen LogP contribution in [0.1, 0.15) is 12.8 Å². The van der Waals surface area contributed by atoms with E-state index in [9.17, 15) is 9.59 Å². The Morgan fingerprint density at radius 3 is 2.42 bits per heavy atom. The van der Waals surface area contributed by atoms with Crippen LogP contribution < -0.4 is 0 Å². The molecule has 0 spiro atoms. The molecule has 0 aromatic carbocycles. The number of esters is 1. The van der Waals surface area contributed by atoms with Gasteiger partial charge in [0.15, 0.2) is 0 Å². The van der Waals surface area contributed by atoms with Crippen molar-refractivity contribution in [3.8, 4) is 0 Å². The summed E-state index contributed by atoms with van der Waals surface area (Å²) >= 11 is 1.18. The molecular weight excluding hydrogens is 180 g/mol. The van der Waals surface area contributed by atoms with E-state index >= 15 is 0 Å². The smallest absolute Gasteiger partial charge is 0.318 e. The second-order valence-electron chi connectivity index (χ2n) is 2.55. The molecule has 1 fully saturated rings. The third-order valence-corrected chi connectivity index (χ3v) is 3.28. The lowest BCUT2D eigenvalue weighted by atomic mass is 10.2. The first-order valence-electron chi connectivity index (χ1n) is 3.61. The number of carboxylic acid groups (broad SMARTS) is 1. The highest BCUT2D eigenvalue weighted by atomic mass is 32.2. The Morgan fingerprint density at radius 1 is 1.42 bits per heavy atom. The maximum absolute atomic E-state index is 10.9. The van der Waals surface area contributed by atoms with Gasteiger partial charge in [0.05, 0.1) is 7.11 Å². The van der Waals surface area contributed by atoms with Crippen LogP contribution in [0.15, 0.2) is 0 Å². The van der Waals surface area contributed by atoms with E-state index in [1.165, 1.54) is 18.9 Å². The van der Waals surface area contributed by atoms with Crippen molar-refractivity contribution in [2.45, 2.75) is 23.3 Å². The molecule has 2 unspecified atom stereocenters. The van der Waals surface area contributed by atoms with Crippen LogP contribution in [0.5, 0.6) is 0 Å². The Labute approximate surface area is 74.3 Å². The molecule has 2 atom stereocenters. The van der Waals surface area contributed by atoms with Gasteiger partial charge in [-0.1, -0.05) is 0 Å². The molecule has 4 nitrogen and oxygen atoms in total. The minimum Gasteiger partial charge on any atom is -0.480 e. The molecule has 0 aromatic rings. The minimum atomic E-state index is -0.841. The van der Waals surface area contributed by atoms with Crippen LogP contribution in [0.4, 0.5) is 0 Å². The number of hydrogen-bond donors (Lipinski definition) is 1. The zero-order valence-corrected chi connectivity index (χ0v) is 7.47. The number of aliphatic carboxylic acids is 1. The molecular formula is C7H10O4S. The quantitative estimate of drug-likeness (QED) is 0.643. The van der Waals surface area contributed by atoms with Crippen LogP contribution >= 0.6 is 11.8 Å². The number of carboxylic acids is 1. The van der Waals surface area contributed by atoms with Gasteiger partial charge in [0, 0.05) is 0 Å². The first kappa shape index (κ1) is 9.38. The molecule has 1 aliphatic rings. The Bertz CT molecular complexity index is 204. The van der Waals surface area contributed by atoms with E-state index in [1.54, 1.807) is 0 Å². The van der Waals surface area contributed by atoms with E-state index < -0.39 is 11.2 Å². The van der Waals surface area contributed by atoms with Gasteiger partial charge in [0.2, 0.25) is 0 Å². The van der Waals surface area contributed by atoms with Crippen molar-refractivity contribution in [2.24, 2.45) is 0 Å². The molecule has 0 aromatic heterocycles. The fraction of sp³-hybridized carbons (Fsp3) is 0.714. The van der Waals surface area contributed by atoms with Crippen molar-refractivity contribution >= 4 is 23.7 Å². The Hall–Kier alpha value is -0.710. The molecule has 1 rings (SSSR count). The molecule has 0 saturated carbocycles. The van der Waals surface area contributed by atoms with Crippen LogP contribution in [0.3, 0.4) is 0 Å². The molecule has 0 radical (unpaired) electrons. The van der Waals surface area contributed by atoms with Crippen molar-refractivity contribution in [1.82, 2.24) is 0 Å². The molecule has 5 heteroatoms. The molecule has 1 N–H and O–H groups in total. The summed E-state index contributed by atoms with van der Waals surface area (Å²) in [6.07, 6.45) is 1.16. The largest absolute Gasteiger partial charge is 0.480 e. The number of carbonyl (C=O) groups is 2. The minimum absolute atomic E-state index is 0.281. The lowest BCUT2D eigenvalue weighted by Crippen LogP contribution is -2.17. The van der Waals surface area contributed by atoms with Gasteiger partial charge in [0.25, 0.3) is 0 Å². The van der Waals surface area contributed by atoms with E-state index in [0.29, 0.717) is 12.8 Å². The van der Waals surface area contributed by atoms with E-state index in [2.05, 4.69) is 4.74 Å². The zero-order valence-electron chi connectivity index (χ0n) is 6.65. The normalized spacial score (nSPS) is 28.4. The predicted molar refractivity (Wildman–Crippen MR) is 44.1 cm³/mol. The predicted octanol–water partition coefficient (Wildman–Crippen LogP) is 0.508. The summed E-state index contributed by atoms with van der Waals surface area (Å²) in [6, 6.07) is 0. The number of carbonyl (C=O) groups excluding carboxylic acids is 1. The fourth-order valence-electron chi connectivity index (χ4n) is 1.12. The molecule has 0 aliphatic carbocycles. The average Bonchev–Trinajstić information content (AvgIpc) is 2.51. The molecule has 1 aliphatic heterocycles. The van der Waals surface area contributed by atoms with Gasteiger partial charge >= 0.3 is 11.9 Å². The molecule has 1 heterocycles. The average molecular weight is 190 g/mol. The zero-order chi connectivity index (χ0) is 9.14. The highest BCUT2D eigenvalue weighted by Crippen LogP contribution is 2.34. The number of hydrogen-bond acceptors (Lipinski definition) is 4. The van der Waals surface area contributed by atoms with Crippen LogP contribution in [-0.2, 0) is 14.3 Å². The molecule has 68 valence electrons. The van der Waals surface area contributed by atoms with Crippen LogP contribution in [-0.4, -0.2) is 34.7 Å². The molecule has 1 saturated heterocycles. The van der Waals surface area contributed by atoms with Crippen LogP contribution in [0.2, 0.25) is 0 Å². The van der Waals surface area contributed by atoms with Gasteiger partial charge in [-0.15, -0.1) is 11.8 Å². The van der Waals surface area contributed by atoms with Crippen molar-refractivity contribution in [3.63, 3.8) is 0 Å². The van der Waals surface area contributed by atoms with Gasteiger partial charge in [-0.3, -0.25) is 9.59 Å². The van der Waals surface area contributed by atoms with Crippen molar-refractivity contribution in [2.75, 3.05) is 7.11 Å². The molecule has 0 amide bonds. The van der Waals surface area contributed by atoms with E-state index in [-0.39, 0.29) is 11.2 Å². The summed E-state index contributed by atoms with van der Waals surface area (Å²) in [5.74, 6) is -1.16. The Balaban J connectivity index is 2.45. The fourth-order valence-corrected chi connectivity index (χ4v) is 2.39. The van der Waals surface area contributed by atoms with E-state index in [1.807, 2.05) is 0 Å². The van der Waals surface area contributed by atoms with Crippen molar-refractivity contribution in [1.29, 1.82) is 0 Å². The van der Waals surface area contributed by atoms with Gasteiger partial charge < -0.3 is 9.84 Å². The van der Waals surface area contributed by atoms with Gasteiger partial charge in [-0.2, -0.15) is 0 Å². The standard InChI is InChI=1S/C7H10O4S/c1-11-7(10)5-3-2-4(12-5)6(8)9/h4-5H,2-3H2,1H3,(H,8,9). The highest BCUT2D eigenvalue weighted by molar-refractivity contribution is 8.02. The number of rotatable bonds is 2. The summed E-state index contributed by atoms with van der Waals surface area (Å²) in [5.41, 5.74) is 0. The lowest BCUT2D eigenvalue weighted by molar-refractivity contribution is -0.140. The van der Waals surface area contributed by atoms with Crippen molar-refractivity contribution in [3.05, 3.63) is 0 Å². The number of methoxy groups -OCH3 is 1. The topological polar surface area (TPSA) is 63.6 Å². The third-order valence-electron chi connectivity index (χ3n) is 1.76. The summed E-state index contributed by atoms with van der Waals surface area (Å²) in [4.78, 5) is 21.4. The summed E-state index contributed by atoms with van der Waals surface area (Å²) in [7, 11) is 1.32. The first-order valence-corrected chi connectivity index (χ1v) is 4.55. The maximum atomic E-state index is 10.9. The second-order valence-corrected chi connectivity index (χ2v) is 3.96. The maximum Gasteiger partial charge on any atom is 0.318 e. The van der Waals surface area contributed by atoms with Gasteiger partial charge in [-0.05, 0) is 12.8 Å². The van der Waals surface area contributed by atoms with Crippen LogP contribution in [0.25, 0.3) is 0 Å². The summed E-state index contributed by atoms with van der Waals surface area (Å²) in [5, 5.41) is 7.90. The molecule has 12 heavy (non-hydrogen) atoms. The molecule has 0 bridgehead atoms. The summed E-state index contributed by atoms with van der Waals surface area (Å²) < 4.78 is 4.51. The monoisotopic (exact) mass is 190 g/mol. The van der Waals surface area contributed by atoms with Gasteiger partial charge in [-0.25, -0.2) is 0 Å². The lowest BCUT2D eigenvalue weighted by Gasteiger charge is -2.05. The SMILES string of the molecule is COC(=O)C1CCC(C(=O)O)S1. The van der Waals surface area contributed by atoms with Crippen molar-refractivity contribution < 1.29 is 19.4 Å². The third kappa shape index (κ3) is 1.91. The summed E-state index contributed by atoms with van der Waals surface area (Å²) in [6.45, 7) is 0. The first-order chi connectivity index (χ1) is 5.65. The van der Waals surface area contributed by atoms with Crippen LogP contribution in [0, 0.1) is 0 Å². The number of ether oxygens (including phenoxy) is 1. The van der Waals surface area contributed by atoms with E-state index in [0.717, 1.165) is 0 Å².